The topological polar surface area (TPSA) is 33.3 Å². The lowest BCUT2D eigenvalue weighted by Crippen LogP contribution is -2.19. The second-order valence-electron chi connectivity index (χ2n) is 4.29. The van der Waals surface area contributed by atoms with Crippen LogP contribution in [0.2, 0.25) is 0 Å². The molecule has 2 N–H and O–H groups in total. The molecular formula is C15H15BrN2OS. The van der Waals surface area contributed by atoms with E-state index in [1.165, 1.54) is 0 Å². The summed E-state index contributed by atoms with van der Waals surface area (Å²) in [6, 6.07) is 13.7. The van der Waals surface area contributed by atoms with Crippen LogP contribution in [0.3, 0.4) is 0 Å². The Hall–Kier alpha value is -1.59. The molecule has 0 aliphatic rings. The van der Waals surface area contributed by atoms with Crippen LogP contribution >= 0.6 is 28.1 Å². The predicted molar refractivity (Wildman–Crippen MR) is 91.7 cm³/mol. The van der Waals surface area contributed by atoms with Crippen molar-refractivity contribution >= 4 is 44.6 Å². The zero-order chi connectivity index (χ0) is 14.5. The van der Waals surface area contributed by atoms with Crippen molar-refractivity contribution in [2.24, 2.45) is 0 Å². The fraction of sp³-hybridized carbons (Fsp3) is 0.133. The molecule has 0 radical (unpaired) electrons. The van der Waals surface area contributed by atoms with Gasteiger partial charge < -0.3 is 15.4 Å². The second kappa shape index (κ2) is 6.72. The highest BCUT2D eigenvalue weighted by Crippen LogP contribution is 2.25. The van der Waals surface area contributed by atoms with E-state index in [0.29, 0.717) is 5.11 Å². The normalized spacial score (nSPS) is 9.95. The monoisotopic (exact) mass is 350 g/mol. The Balaban J connectivity index is 2.08. The van der Waals surface area contributed by atoms with Crippen LogP contribution in [-0.4, -0.2) is 12.2 Å². The summed E-state index contributed by atoms with van der Waals surface area (Å²) in [5.74, 6) is 0.760. The summed E-state index contributed by atoms with van der Waals surface area (Å²) < 4.78 is 6.34. The summed E-state index contributed by atoms with van der Waals surface area (Å²) in [5, 5.41) is 6.81. The Labute approximate surface area is 132 Å². The fourth-order valence-corrected chi connectivity index (χ4v) is 2.23. The summed E-state index contributed by atoms with van der Waals surface area (Å²) in [6.45, 7) is 2.02. The van der Waals surface area contributed by atoms with Crippen LogP contribution in [0, 0.1) is 6.92 Å². The summed E-state index contributed by atoms with van der Waals surface area (Å²) >= 11 is 8.71. The van der Waals surface area contributed by atoms with Gasteiger partial charge >= 0.3 is 0 Å². The minimum absolute atomic E-state index is 0.524. The molecule has 0 aromatic heterocycles. The largest absolute Gasteiger partial charge is 0.495 e. The van der Waals surface area contributed by atoms with E-state index < -0.39 is 0 Å². The van der Waals surface area contributed by atoms with Crippen LogP contribution in [0.4, 0.5) is 11.4 Å². The molecule has 0 unspecified atom stereocenters. The number of aryl methyl sites for hydroxylation is 1. The molecule has 0 saturated carbocycles. The number of methoxy groups -OCH3 is 1. The summed E-state index contributed by atoms with van der Waals surface area (Å²) in [4.78, 5) is 0. The summed E-state index contributed by atoms with van der Waals surface area (Å²) in [6.07, 6.45) is 0. The van der Waals surface area contributed by atoms with Gasteiger partial charge in [-0.1, -0.05) is 22.0 Å². The minimum Gasteiger partial charge on any atom is -0.495 e. The van der Waals surface area contributed by atoms with Gasteiger partial charge in [-0.05, 0) is 61.1 Å². The number of hydrogen-bond donors (Lipinski definition) is 2. The maximum Gasteiger partial charge on any atom is 0.175 e. The SMILES string of the molecule is COc1ccc(C)cc1NC(=S)Nc1ccc(Br)cc1. The number of ether oxygens (including phenoxy) is 1. The molecule has 3 nitrogen and oxygen atoms in total. The van der Waals surface area contributed by atoms with Crippen molar-refractivity contribution < 1.29 is 4.74 Å². The van der Waals surface area contributed by atoms with Gasteiger partial charge in [-0.2, -0.15) is 0 Å². The quantitative estimate of drug-likeness (QED) is 0.794. The lowest BCUT2D eigenvalue weighted by Gasteiger charge is -2.14. The molecule has 20 heavy (non-hydrogen) atoms. The molecule has 0 aliphatic heterocycles. The highest BCUT2D eigenvalue weighted by molar-refractivity contribution is 9.10. The molecule has 0 spiro atoms. The second-order valence-corrected chi connectivity index (χ2v) is 5.61. The van der Waals surface area contributed by atoms with Crippen molar-refractivity contribution in [3.8, 4) is 5.75 Å². The molecule has 0 atom stereocenters. The maximum absolute atomic E-state index is 5.31. The molecule has 2 aromatic carbocycles. The average molecular weight is 351 g/mol. The van der Waals surface area contributed by atoms with Crippen LogP contribution < -0.4 is 15.4 Å². The first-order valence-electron chi connectivity index (χ1n) is 6.06. The molecule has 104 valence electrons. The Morgan fingerprint density at radius 2 is 1.80 bits per heavy atom. The van der Waals surface area contributed by atoms with Crippen molar-refractivity contribution in [3.05, 3.63) is 52.5 Å². The summed E-state index contributed by atoms with van der Waals surface area (Å²) in [5.41, 5.74) is 2.92. The first-order valence-corrected chi connectivity index (χ1v) is 7.27. The van der Waals surface area contributed by atoms with Gasteiger partial charge in [0.1, 0.15) is 5.75 Å². The third-order valence-corrected chi connectivity index (χ3v) is 3.44. The van der Waals surface area contributed by atoms with E-state index in [1.807, 2.05) is 49.4 Å². The van der Waals surface area contributed by atoms with E-state index in [0.717, 1.165) is 27.2 Å². The molecule has 0 aliphatic carbocycles. The molecule has 0 bridgehead atoms. The van der Waals surface area contributed by atoms with Gasteiger partial charge in [0.2, 0.25) is 0 Å². The summed E-state index contributed by atoms with van der Waals surface area (Å²) in [7, 11) is 1.64. The first kappa shape index (κ1) is 14.8. The molecule has 0 saturated heterocycles. The Bertz CT molecular complexity index is 614. The Kier molecular flexibility index (Phi) is 4.98. The van der Waals surface area contributed by atoms with Crippen LogP contribution in [0.25, 0.3) is 0 Å². The van der Waals surface area contributed by atoms with Crippen LogP contribution in [0.15, 0.2) is 46.9 Å². The molecule has 0 heterocycles. The van der Waals surface area contributed by atoms with E-state index >= 15 is 0 Å². The number of hydrogen-bond acceptors (Lipinski definition) is 2. The predicted octanol–water partition coefficient (Wildman–Crippen LogP) is 4.58. The van der Waals surface area contributed by atoms with Gasteiger partial charge in [0.15, 0.2) is 5.11 Å². The number of benzene rings is 2. The number of thiocarbonyl (C=S) groups is 1. The molecule has 2 aromatic rings. The van der Waals surface area contributed by atoms with Crippen molar-refractivity contribution in [1.29, 1.82) is 0 Å². The molecule has 0 amide bonds. The lowest BCUT2D eigenvalue weighted by atomic mass is 10.2. The van der Waals surface area contributed by atoms with E-state index in [9.17, 15) is 0 Å². The van der Waals surface area contributed by atoms with E-state index in [2.05, 4.69) is 26.6 Å². The molecule has 0 fully saturated rings. The first-order chi connectivity index (χ1) is 9.58. The van der Waals surface area contributed by atoms with Gasteiger partial charge in [0, 0.05) is 10.2 Å². The standard InChI is InChI=1S/C15H15BrN2OS/c1-10-3-8-14(19-2)13(9-10)18-15(20)17-12-6-4-11(16)5-7-12/h3-9H,1-2H3,(H2,17,18,20). The van der Waals surface area contributed by atoms with Crippen molar-refractivity contribution in [1.82, 2.24) is 0 Å². The zero-order valence-electron chi connectivity index (χ0n) is 11.2. The van der Waals surface area contributed by atoms with E-state index in [-0.39, 0.29) is 0 Å². The number of halogens is 1. The van der Waals surface area contributed by atoms with Gasteiger partial charge in [0.05, 0.1) is 12.8 Å². The molecule has 2 rings (SSSR count). The van der Waals surface area contributed by atoms with Crippen LogP contribution in [0.5, 0.6) is 5.75 Å². The van der Waals surface area contributed by atoms with E-state index in [4.69, 9.17) is 17.0 Å². The highest BCUT2D eigenvalue weighted by Gasteiger charge is 2.05. The Morgan fingerprint density at radius 1 is 1.10 bits per heavy atom. The van der Waals surface area contributed by atoms with Crippen molar-refractivity contribution in [2.45, 2.75) is 6.92 Å². The lowest BCUT2D eigenvalue weighted by molar-refractivity contribution is 0.417. The smallest absolute Gasteiger partial charge is 0.175 e. The van der Waals surface area contributed by atoms with Gasteiger partial charge in [-0.25, -0.2) is 0 Å². The highest BCUT2D eigenvalue weighted by atomic mass is 79.9. The number of nitrogens with one attached hydrogen (secondary N) is 2. The van der Waals surface area contributed by atoms with Crippen molar-refractivity contribution in [3.63, 3.8) is 0 Å². The van der Waals surface area contributed by atoms with Crippen LogP contribution in [-0.2, 0) is 0 Å². The third-order valence-electron chi connectivity index (χ3n) is 2.71. The number of anilines is 2. The van der Waals surface area contributed by atoms with Gasteiger partial charge in [0.25, 0.3) is 0 Å². The number of rotatable bonds is 3. The molecule has 5 heteroatoms. The van der Waals surface area contributed by atoms with Gasteiger partial charge in [-0.15, -0.1) is 0 Å². The Morgan fingerprint density at radius 3 is 2.45 bits per heavy atom. The van der Waals surface area contributed by atoms with Crippen LogP contribution in [0.1, 0.15) is 5.56 Å². The maximum atomic E-state index is 5.31. The fourth-order valence-electron chi connectivity index (χ4n) is 1.74. The third kappa shape index (κ3) is 3.95. The minimum atomic E-state index is 0.524. The zero-order valence-corrected chi connectivity index (χ0v) is 13.6. The van der Waals surface area contributed by atoms with Gasteiger partial charge in [-0.3, -0.25) is 0 Å². The van der Waals surface area contributed by atoms with Crippen molar-refractivity contribution in [2.75, 3.05) is 17.7 Å². The average Bonchev–Trinajstić information content (AvgIpc) is 2.41. The molecular weight excluding hydrogens is 336 g/mol. The van der Waals surface area contributed by atoms with E-state index in [1.54, 1.807) is 7.11 Å².